The molecule has 2 aliphatic rings. The van der Waals surface area contributed by atoms with E-state index >= 15 is 0 Å². The lowest BCUT2D eigenvalue weighted by molar-refractivity contribution is 0.151. The number of nitrogens with one attached hydrogen (secondary N) is 1. The van der Waals surface area contributed by atoms with E-state index in [-0.39, 0.29) is 0 Å². The normalized spacial score (nSPS) is 20.4. The van der Waals surface area contributed by atoms with Gasteiger partial charge in [-0.2, -0.15) is 0 Å². The van der Waals surface area contributed by atoms with Crippen molar-refractivity contribution in [3.05, 3.63) is 29.3 Å². The molecule has 1 aromatic rings. The summed E-state index contributed by atoms with van der Waals surface area (Å²) in [6.07, 6.45) is 6.58. The van der Waals surface area contributed by atoms with Crippen molar-refractivity contribution < 1.29 is 0 Å². The summed E-state index contributed by atoms with van der Waals surface area (Å²) in [6.45, 7) is 4.57. The molecule has 19 heavy (non-hydrogen) atoms. The van der Waals surface area contributed by atoms with Crippen molar-refractivity contribution in [1.82, 2.24) is 10.4 Å². The number of benzene rings is 1. The maximum Gasteiger partial charge on any atom is 0.0396 e. The first-order valence-corrected chi connectivity index (χ1v) is 7.64. The molecule has 3 rings (SSSR count). The monoisotopic (exact) mass is 259 g/mol. The molecular weight excluding hydrogens is 234 g/mol. The van der Waals surface area contributed by atoms with Crippen LogP contribution in [-0.4, -0.2) is 31.7 Å². The molecule has 1 saturated heterocycles. The van der Waals surface area contributed by atoms with Gasteiger partial charge in [0.05, 0.1) is 0 Å². The zero-order valence-corrected chi connectivity index (χ0v) is 12.0. The van der Waals surface area contributed by atoms with Crippen molar-refractivity contribution in [3.63, 3.8) is 0 Å². The Kier molecular flexibility index (Phi) is 4.04. The molecule has 2 heterocycles. The Balaban J connectivity index is 1.62. The molecular formula is C16H25N3. The van der Waals surface area contributed by atoms with Crippen LogP contribution in [0.15, 0.2) is 18.2 Å². The van der Waals surface area contributed by atoms with Crippen LogP contribution in [0.3, 0.4) is 0 Å². The van der Waals surface area contributed by atoms with Crippen LogP contribution in [-0.2, 0) is 13.0 Å². The standard InChI is InChI=1S/C16H25N3/c1-18-9-5-6-15-12-14(7-8-16(15)18)13-17-19-10-3-2-4-11-19/h7-8,12,17H,2-6,9-11,13H2,1H3. The second-order valence-electron chi connectivity index (χ2n) is 5.87. The van der Waals surface area contributed by atoms with Crippen LogP contribution < -0.4 is 10.3 Å². The lowest BCUT2D eigenvalue weighted by Gasteiger charge is -2.29. The van der Waals surface area contributed by atoms with Gasteiger partial charge in [-0.3, -0.25) is 5.43 Å². The second kappa shape index (κ2) is 5.93. The second-order valence-corrected chi connectivity index (χ2v) is 5.87. The van der Waals surface area contributed by atoms with Gasteiger partial charge >= 0.3 is 0 Å². The number of rotatable bonds is 3. The Hall–Kier alpha value is -1.06. The van der Waals surface area contributed by atoms with E-state index in [0.717, 1.165) is 6.54 Å². The topological polar surface area (TPSA) is 18.5 Å². The average Bonchev–Trinajstić information content (AvgIpc) is 2.46. The van der Waals surface area contributed by atoms with Crippen LogP contribution in [0.2, 0.25) is 0 Å². The van der Waals surface area contributed by atoms with E-state index in [4.69, 9.17) is 0 Å². The van der Waals surface area contributed by atoms with Gasteiger partial charge in [0.2, 0.25) is 0 Å². The Morgan fingerprint density at radius 3 is 2.74 bits per heavy atom. The first-order chi connectivity index (χ1) is 9.33. The molecule has 1 fully saturated rings. The first-order valence-electron chi connectivity index (χ1n) is 7.64. The maximum atomic E-state index is 3.58. The zero-order chi connectivity index (χ0) is 13.1. The van der Waals surface area contributed by atoms with Crippen molar-refractivity contribution in [1.29, 1.82) is 0 Å². The first kappa shape index (κ1) is 12.9. The Morgan fingerprint density at radius 2 is 1.89 bits per heavy atom. The number of hydrazine groups is 1. The minimum Gasteiger partial charge on any atom is -0.374 e. The van der Waals surface area contributed by atoms with Crippen molar-refractivity contribution in [2.75, 3.05) is 31.6 Å². The van der Waals surface area contributed by atoms with Gasteiger partial charge in [-0.1, -0.05) is 18.6 Å². The maximum absolute atomic E-state index is 3.58. The molecule has 0 aliphatic carbocycles. The smallest absolute Gasteiger partial charge is 0.0396 e. The third kappa shape index (κ3) is 3.10. The van der Waals surface area contributed by atoms with Crippen molar-refractivity contribution in [3.8, 4) is 0 Å². The van der Waals surface area contributed by atoms with Gasteiger partial charge in [0.1, 0.15) is 0 Å². The molecule has 0 saturated carbocycles. The molecule has 0 unspecified atom stereocenters. The SMILES string of the molecule is CN1CCCc2cc(CNN3CCCCC3)ccc21. The summed E-state index contributed by atoms with van der Waals surface area (Å²) in [5, 5.41) is 2.38. The molecule has 2 aliphatic heterocycles. The molecule has 0 radical (unpaired) electrons. The van der Waals surface area contributed by atoms with Gasteiger partial charge in [-0.15, -0.1) is 0 Å². The molecule has 3 heteroatoms. The largest absolute Gasteiger partial charge is 0.374 e. The number of fused-ring (bicyclic) bond motifs is 1. The van der Waals surface area contributed by atoms with Gasteiger partial charge in [0.15, 0.2) is 0 Å². The average molecular weight is 259 g/mol. The summed E-state index contributed by atoms with van der Waals surface area (Å²) in [5.74, 6) is 0. The van der Waals surface area contributed by atoms with Gasteiger partial charge in [0, 0.05) is 38.9 Å². The summed E-state index contributed by atoms with van der Waals surface area (Å²) in [6, 6.07) is 6.96. The highest BCUT2D eigenvalue weighted by Gasteiger charge is 2.14. The van der Waals surface area contributed by atoms with E-state index in [2.05, 4.69) is 40.6 Å². The third-order valence-corrected chi connectivity index (χ3v) is 4.36. The molecule has 0 amide bonds. The summed E-state index contributed by atoms with van der Waals surface area (Å²) < 4.78 is 0. The molecule has 104 valence electrons. The number of anilines is 1. The van der Waals surface area contributed by atoms with Gasteiger partial charge < -0.3 is 4.90 Å². The summed E-state index contributed by atoms with van der Waals surface area (Å²) in [7, 11) is 2.20. The lowest BCUT2D eigenvalue weighted by Crippen LogP contribution is -2.41. The highest BCUT2D eigenvalue weighted by atomic mass is 15.5. The fraction of sp³-hybridized carbons (Fsp3) is 0.625. The fourth-order valence-corrected chi connectivity index (χ4v) is 3.20. The van der Waals surface area contributed by atoms with Crippen LogP contribution in [0.4, 0.5) is 5.69 Å². The minimum atomic E-state index is 0.969. The van der Waals surface area contributed by atoms with E-state index in [1.54, 1.807) is 0 Å². The Bertz CT molecular complexity index is 424. The molecule has 1 aromatic carbocycles. The molecule has 0 spiro atoms. The Labute approximate surface area is 116 Å². The number of hydrogen-bond acceptors (Lipinski definition) is 3. The quantitative estimate of drug-likeness (QED) is 0.900. The number of aryl methyl sites for hydroxylation is 1. The van der Waals surface area contributed by atoms with E-state index in [1.165, 1.54) is 68.6 Å². The third-order valence-electron chi connectivity index (χ3n) is 4.36. The van der Waals surface area contributed by atoms with E-state index < -0.39 is 0 Å². The molecule has 0 atom stereocenters. The minimum absolute atomic E-state index is 0.969. The van der Waals surface area contributed by atoms with Crippen molar-refractivity contribution in [2.45, 2.75) is 38.6 Å². The number of hydrogen-bond donors (Lipinski definition) is 1. The fourth-order valence-electron chi connectivity index (χ4n) is 3.20. The van der Waals surface area contributed by atoms with Crippen LogP contribution in [0.1, 0.15) is 36.8 Å². The van der Waals surface area contributed by atoms with Crippen molar-refractivity contribution >= 4 is 5.69 Å². The lowest BCUT2D eigenvalue weighted by atomic mass is 10.00. The van der Waals surface area contributed by atoms with E-state index in [9.17, 15) is 0 Å². The molecule has 0 bridgehead atoms. The molecule has 0 aromatic heterocycles. The van der Waals surface area contributed by atoms with Crippen LogP contribution >= 0.6 is 0 Å². The van der Waals surface area contributed by atoms with Gasteiger partial charge in [-0.05, 0) is 42.9 Å². The predicted molar refractivity (Wildman–Crippen MR) is 80.3 cm³/mol. The van der Waals surface area contributed by atoms with E-state index in [1.807, 2.05) is 0 Å². The van der Waals surface area contributed by atoms with Gasteiger partial charge in [-0.25, -0.2) is 5.01 Å². The molecule has 1 N–H and O–H groups in total. The highest BCUT2D eigenvalue weighted by Crippen LogP contribution is 2.26. The molecule has 3 nitrogen and oxygen atoms in total. The van der Waals surface area contributed by atoms with Crippen molar-refractivity contribution in [2.24, 2.45) is 0 Å². The summed E-state index contributed by atoms with van der Waals surface area (Å²) >= 11 is 0. The number of nitrogens with zero attached hydrogens (tertiary/aromatic N) is 2. The van der Waals surface area contributed by atoms with Crippen LogP contribution in [0, 0.1) is 0 Å². The summed E-state index contributed by atoms with van der Waals surface area (Å²) in [4.78, 5) is 2.38. The van der Waals surface area contributed by atoms with Gasteiger partial charge in [0.25, 0.3) is 0 Å². The number of piperidine rings is 1. The zero-order valence-electron chi connectivity index (χ0n) is 12.0. The Morgan fingerprint density at radius 1 is 1.05 bits per heavy atom. The van der Waals surface area contributed by atoms with Crippen LogP contribution in [0.25, 0.3) is 0 Å². The van der Waals surface area contributed by atoms with E-state index in [0.29, 0.717) is 0 Å². The predicted octanol–water partition coefficient (Wildman–Crippen LogP) is 2.56. The van der Waals surface area contributed by atoms with Crippen LogP contribution in [0.5, 0.6) is 0 Å². The summed E-state index contributed by atoms with van der Waals surface area (Å²) in [5.41, 5.74) is 7.94. The highest BCUT2D eigenvalue weighted by molar-refractivity contribution is 5.56.